The van der Waals surface area contributed by atoms with Crippen molar-refractivity contribution < 1.29 is 46.6 Å². The van der Waals surface area contributed by atoms with E-state index in [9.17, 15) is 41.9 Å². The molecular formula is C39H48FN5O9S. The van der Waals surface area contributed by atoms with Crippen molar-refractivity contribution in [3.05, 3.63) is 70.5 Å². The molecular weight excluding hydrogens is 734 g/mol. The van der Waals surface area contributed by atoms with Gasteiger partial charge in [0, 0.05) is 30.6 Å². The summed E-state index contributed by atoms with van der Waals surface area (Å²) >= 11 is 0. The van der Waals surface area contributed by atoms with Crippen molar-refractivity contribution in [1.82, 2.24) is 25.2 Å². The van der Waals surface area contributed by atoms with Gasteiger partial charge in [-0.15, -0.1) is 0 Å². The van der Waals surface area contributed by atoms with Gasteiger partial charge in [0.15, 0.2) is 0 Å². The lowest BCUT2D eigenvalue weighted by molar-refractivity contribution is -0.145. The molecule has 2 aromatic rings. The van der Waals surface area contributed by atoms with Crippen LogP contribution in [0.4, 0.5) is 9.18 Å². The minimum atomic E-state index is -3.89. The number of carbonyl (C=O) groups is 5. The van der Waals surface area contributed by atoms with Crippen molar-refractivity contribution >= 4 is 39.8 Å². The Morgan fingerprint density at radius 3 is 2.45 bits per heavy atom. The normalized spacial score (nSPS) is 27.5. The quantitative estimate of drug-likeness (QED) is 0.232. The largest absolute Gasteiger partial charge is 0.478 e. The van der Waals surface area contributed by atoms with Crippen LogP contribution in [0.2, 0.25) is 0 Å². The standard InChI is InChI=1S/C39H48FN5O9S/c1-5-24-17-39(24,36(50)43-55(52,53)26-12-13-26)42-33(46)30-16-25(54-37(51)44-18-23-10-7-11-28(40)27(23)20-44)19-45(30)34(47)31(38(2,3)4)32-29(41-32)15-21-8-6-9-22(14-21)35(48)49/h6-11,14,24-26,29-32,41H,5,12-13,15-20H2,1-4H3,(H,42,46)(H,43,50)(H,48,49)/t24-,25-,29?,30+,31-,32?,39-/m1/s1. The first-order valence-electron chi connectivity index (χ1n) is 18.9. The molecule has 2 saturated heterocycles. The monoisotopic (exact) mass is 781 g/mol. The number of aromatic carboxylic acids is 1. The van der Waals surface area contributed by atoms with Crippen LogP contribution >= 0.6 is 0 Å². The van der Waals surface area contributed by atoms with Crippen LogP contribution in [0.15, 0.2) is 42.5 Å². The third-order valence-corrected chi connectivity index (χ3v) is 13.6. The van der Waals surface area contributed by atoms with E-state index in [2.05, 4.69) is 15.4 Å². The van der Waals surface area contributed by atoms with Crippen molar-refractivity contribution in [2.75, 3.05) is 6.54 Å². The van der Waals surface area contributed by atoms with Gasteiger partial charge in [0.2, 0.25) is 21.8 Å². The van der Waals surface area contributed by atoms with Gasteiger partial charge in [0.25, 0.3) is 5.91 Å². The Labute approximate surface area is 319 Å². The number of carbonyl (C=O) groups excluding carboxylic acids is 4. The first-order valence-corrected chi connectivity index (χ1v) is 20.4. The minimum Gasteiger partial charge on any atom is -0.478 e. The average Bonchev–Trinajstić information content (AvgIpc) is 4.07. The zero-order valence-corrected chi connectivity index (χ0v) is 32.2. The van der Waals surface area contributed by atoms with Crippen molar-refractivity contribution in [3.63, 3.8) is 0 Å². The third kappa shape index (κ3) is 7.80. The number of nitrogens with zero attached hydrogens (tertiary/aromatic N) is 2. The average molecular weight is 782 g/mol. The highest BCUT2D eigenvalue weighted by atomic mass is 32.2. The van der Waals surface area contributed by atoms with Crippen LogP contribution in [-0.2, 0) is 48.7 Å². The first kappa shape index (κ1) is 38.7. The maximum atomic E-state index is 14.8. The molecule has 2 aromatic carbocycles. The van der Waals surface area contributed by atoms with Crippen molar-refractivity contribution in [2.24, 2.45) is 17.3 Å². The van der Waals surface area contributed by atoms with Gasteiger partial charge in [0.1, 0.15) is 23.5 Å². The number of halogens is 1. The molecule has 55 heavy (non-hydrogen) atoms. The van der Waals surface area contributed by atoms with Gasteiger partial charge in [-0.25, -0.2) is 22.4 Å². The molecule has 4 fully saturated rings. The number of rotatable bonds is 12. The van der Waals surface area contributed by atoms with Crippen LogP contribution in [0, 0.1) is 23.1 Å². The number of nitrogens with one attached hydrogen (secondary N) is 3. The molecule has 0 aromatic heterocycles. The molecule has 7 atom stereocenters. The molecule has 4 N–H and O–H groups in total. The van der Waals surface area contributed by atoms with E-state index in [1.54, 1.807) is 24.3 Å². The van der Waals surface area contributed by atoms with Crippen LogP contribution in [0.25, 0.3) is 0 Å². The number of ether oxygens (including phenoxy) is 1. The molecule has 2 unspecified atom stereocenters. The summed E-state index contributed by atoms with van der Waals surface area (Å²) in [6.07, 6.45) is 0.400. The fraction of sp³-hybridized carbons (Fsp3) is 0.564. The molecule has 7 rings (SSSR count). The lowest BCUT2D eigenvalue weighted by atomic mass is 9.76. The van der Waals surface area contributed by atoms with E-state index in [0.717, 1.165) is 5.56 Å². The molecule has 0 spiro atoms. The van der Waals surface area contributed by atoms with Gasteiger partial charge in [-0.05, 0) is 66.3 Å². The SMILES string of the molecule is CC[C@@H]1C[C@]1(NC(=O)[C@@H]1C[C@@H](OC(=O)N2Cc3cccc(F)c3C2)CN1C(=O)[C@@H](C1NC1Cc1cccc(C(=O)O)c1)C(C)(C)C)C(=O)NS(=O)(=O)C1CC1. The van der Waals surface area contributed by atoms with Crippen LogP contribution in [0.3, 0.4) is 0 Å². The maximum Gasteiger partial charge on any atom is 0.410 e. The number of carboxylic acid groups (broad SMARTS) is 1. The Hall–Kier alpha value is -4.57. The summed E-state index contributed by atoms with van der Waals surface area (Å²) in [4.78, 5) is 70.4. The van der Waals surface area contributed by atoms with Crippen LogP contribution in [-0.4, -0.2) is 94.7 Å². The van der Waals surface area contributed by atoms with Gasteiger partial charge in [-0.2, -0.15) is 0 Å². The number of hydrogen-bond acceptors (Lipinski definition) is 9. The number of fused-ring (bicyclic) bond motifs is 1. The lowest BCUT2D eigenvalue weighted by Crippen LogP contribution is -2.57. The highest BCUT2D eigenvalue weighted by Crippen LogP contribution is 2.47. The third-order valence-electron chi connectivity index (χ3n) is 11.8. The molecule has 16 heteroatoms. The number of likely N-dealkylation sites (tertiary alicyclic amines) is 1. The predicted molar refractivity (Wildman–Crippen MR) is 196 cm³/mol. The number of sulfonamides is 1. The zero-order valence-electron chi connectivity index (χ0n) is 31.3. The van der Waals surface area contributed by atoms with E-state index in [-0.39, 0.29) is 61.9 Å². The number of carboxylic acids is 1. The summed E-state index contributed by atoms with van der Waals surface area (Å²) in [5.41, 5.74) is -0.0816. The Kier molecular flexibility index (Phi) is 9.97. The smallest absolute Gasteiger partial charge is 0.410 e. The minimum absolute atomic E-state index is 0.0101. The van der Waals surface area contributed by atoms with E-state index < -0.39 is 74.0 Å². The Balaban J connectivity index is 1.11. The van der Waals surface area contributed by atoms with E-state index in [1.807, 2.05) is 33.8 Å². The fourth-order valence-electron chi connectivity index (χ4n) is 8.43. The molecule has 0 radical (unpaired) electrons. The van der Waals surface area contributed by atoms with Gasteiger partial charge in [-0.3, -0.25) is 24.0 Å². The molecule has 3 heterocycles. The van der Waals surface area contributed by atoms with E-state index in [4.69, 9.17) is 4.74 Å². The Morgan fingerprint density at radius 1 is 1.09 bits per heavy atom. The van der Waals surface area contributed by atoms with Crippen molar-refractivity contribution in [2.45, 2.75) is 114 Å². The number of amides is 4. The molecule has 4 amide bonds. The second-order valence-corrected chi connectivity index (χ2v) is 18.7. The second kappa shape index (κ2) is 14.2. The van der Waals surface area contributed by atoms with Crippen molar-refractivity contribution in [3.8, 4) is 0 Å². The highest BCUT2D eigenvalue weighted by Gasteiger charge is 2.62. The maximum absolute atomic E-state index is 14.8. The molecule has 2 saturated carbocycles. The Morgan fingerprint density at radius 2 is 1.82 bits per heavy atom. The second-order valence-electron chi connectivity index (χ2n) is 16.8. The highest BCUT2D eigenvalue weighted by molar-refractivity contribution is 7.91. The van der Waals surface area contributed by atoms with E-state index >= 15 is 0 Å². The summed E-state index contributed by atoms with van der Waals surface area (Å²) in [6, 6.07) is 9.61. The molecule has 2 aliphatic carbocycles. The van der Waals surface area contributed by atoms with Gasteiger partial charge in [-0.1, -0.05) is 58.4 Å². The molecule has 0 bridgehead atoms. The molecule has 5 aliphatic rings. The van der Waals surface area contributed by atoms with Crippen molar-refractivity contribution in [1.29, 1.82) is 0 Å². The summed E-state index contributed by atoms with van der Waals surface area (Å²) in [6.45, 7) is 7.63. The van der Waals surface area contributed by atoms with E-state index in [1.165, 1.54) is 21.9 Å². The Bertz CT molecular complexity index is 2030. The number of hydrogen-bond donors (Lipinski definition) is 4. The number of benzene rings is 2. The summed E-state index contributed by atoms with van der Waals surface area (Å²) < 4.78 is 48.0. The van der Waals surface area contributed by atoms with Crippen LogP contribution < -0.4 is 15.4 Å². The summed E-state index contributed by atoms with van der Waals surface area (Å²) in [7, 11) is -3.89. The van der Waals surface area contributed by atoms with Crippen LogP contribution in [0.1, 0.15) is 86.8 Å². The molecule has 3 aliphatic heterocycles. The zero-order chi connectivity index (χ0) is 39.6. The fourth-order valence-corrected chi connectivity index (χ4v) is 9.79. The van der Waals surface area contributed by atoms with Gasteiger partial charge >= 0.3 is 12.1 Å². The summed E-state index contributed by atoms with van der Waals surface area (Å²) in [5.74, 6) is -4.27. The van der Waals surface area contributed by atoms with E-state index in [0.29, 0.717) is 36.8 Å². The topological polar surface area (TPSA) is 201 Å². The first-order chi connectivity index (χ1) is 25.9. The molecule has 14 nitrogen and oxygen atoms in total. The van der Waals surface area contributed by atoms with Crippen LogP contribution in [0.5, 0.6) is 0 Å². The summed E-state index contributed by atoms with van der Waals surface area (Å²) in [5, 5.41) is 15.1. The van der Waals surface area contributed by atoms with Gasteiger partial charge < -0.3 is 25.4 Å². The van der Waals surface area contributed by atoms with Gasteiger partial charge in [0.05, 0.1) is 29.8 Å². The predicted octanol–water partition coefficient (Wildman–Crippen LogP) is 3.08. The lowest BCUT2D eigenvalue weighted by Gasteiger charge is -2.35. The molecule has 296 valence electrons.